The molecule has 0 radical (unpaired) electrons. The summed E-state index contributed by atoms with van der Waals surface area (Å²) in [6.07, 6.45) is 0. The van der Waals surface area contributed by atoms with Gasteiger partial charge in [-0.2, -0.15) is 0 Å². The Morgan fingerprint density at radius 1 is 0.462 bits per heavy atom. The number of fused-ring (bicyclic) bond motifs is 6. The van der Waals surface area contributed by atoms with Gasteiger partial charge >= 0.3 is 0 Å². The summed E-state index contributed by atoms with van der Waals surface area (Å²) in [6.45, 7) is 2.14. The Kier molecular flexibility index (Phi) is 5.71. The summed E-state index contributed by atoms with van der Waals surface area (Å²) < 4.78 is 6.19. The minimum atomic E-state index is 0.788. The number of ether oxygens (including phenoxy) is 1. The maximum absolute atomic E-state index is 6.19. The largest absolute Gasteiger partial charge is 0.455 e. The topological polar surface area (TPSA) is 21.3 Å². The number of para-hydroxylation sites is 3. The zero-order valence-corrected chi connectivity index (χ0v) is 21.7. The first-order valence-electron chi connectivity index (χ1n) is 13.3. The van der Waals surface area contributed by atoms with Crippen LogP contribution in [0.2, 0.25) is 0 Å². The Labute approximate surface area is 228 Å². The lowest BCUT2D eigenvalue weighted by atomic mass is 9.92. The standard InChI is InChI=1S/C37H27NO/c1-25-21-27(23-28(22-25)38-36-17-9-10-18-37(36)39-29-11-3-2-4-12-29)26-19-20-34-32-15-6-5-13-30(32)31-14-7-8-16-33(31)35(34)24-26/h2-24,38H,1H3. The summed E-state index contributed by atoms with van der Waals surface area (Å²) in [5.41, 5.74) is 5.52. The van der Waals surface area contributed by atoms with Crippen molar-refractivity contribution in [3.63, 3.8) is 0 Å². The Bertz CT molecular complexity index is 1940. The molecule has 0 bridgehead atoms. The summed E-state index contributed by atoms with van der Waals surface area (Å²) in [5, 5.41) is 11.3. The van der Waals surface area contributed by atoms with Crippen molar-refractivity contribution in [1.82, 2.24) is 0 Å². The second-order valence-corrected chi connectivity index (χ2v) is 9.98. The van der Waals surface area contributed by atoms with Crippen LogP contribution in [0, 0.1) is 6.92 Å². The van der Waals surface area contributed by atoms with E-state index >= 15 is 0 Å². The number of hydrogen-bond acceptors (Lipinski definition) is 2. The number of aryl methyl sites for hydroxylation is 1. The molecule has 0 saturated carbocycles. The average Bonchev–Trinajstić information content (AvgIpc) is 2.98. The molecule has 186 valence electrons. The van der Waals surface area contributed by atoms with Crippen LogP contribution in [0.25, 0.3) is 43.4 Å². The van der Waals surface area contributed by atoms with Crippen molar-refractivity contribution in [3.05, 3.63) is 145 Å². The number of benzene rings is 7. The van der Waals surface area contributed by atoms with Crippen LogP contribution in [-0.2, 0) is 0 Å². The summed E-state index contributed by atoms with van der Waals surface area (Å²) in [5.74, 6) is 1.60. The van der Waals surface area contributed by atoms with Crippen molar-refractivity contribution >= 4 is 43.7 Å². The average molecular weight is 502 g/mol. The maximum Gasteiger partial charge on any atom is 0.150 e. The van der Waals surface area contributed by atoms with E-state index in [4.69, 9.17) is 4.74 Å². The Morgan fingerprint density at radius 2 is 1.05 bits per heavy atom. The zero-order valence-electron chi connectivity index (χ0n) is 21.7. The predicted molar refractivity (Wildman–Crippen MR) is 165 cm³/mol. The van der Waals surface area contributed by atoms with Crippen molar-refractivity contribution in [2.24, 2.45) is 0 Å². The monoisotopic (exact) mass is 501 g/mol. The third-order valence-electron chi connectivity index (χ3n) is 7.29. The van der Waals surface area contributed by atoms with Gasteiger partial charge in [-0.15, -0.1) is 0 Å². The van der Waals surface area contributed by atoms with Crippen molar-refractivity contribution in [2.75, 3.05) is 5.32 Å². The highest BCUT2D eigenvalue weighted by Gasteiger charge is 2.11. The lowest BCUT2D eigenvalue weighted by Crippen LogP contribution is -1.95. The van der Waals surface area contributed by atoms with E-state index in [-0.39, 0.29) is 0 Å². The molecule has 0 aliphatic rings. The minimum absolute atomic E-state index is 0.788. The maximum atomic E-state index is 6.19. The van der Waals surface area contributed by atoms with Crippen LogP contribution < -0.4 is 10.1 Å². The van der Waals surface area contributed by atoms with Gasteiger partial charge < -0.3 is 10.1 Å². The van der Waals surface area contributed by atoms with E-state index in [1.165, 1.54) is 49.0 Å². The van der Waals surface area contributed by atoms with E-state index < -0.39 is 0 Å². The number of rotatable bonds is 5. The molecule has 7 rings (SSSR count). The van der Waals surface area contributed by atoms with E-state index in [2.05, 4.69) is 97.2 Å². The smallest absolute Gasteiger partial charge is 0.150 e. The van der Waals surface area contributed by atoms with Crippen LogP contribution in [0.1, 0.15) is 5.56 Å². The number of nitrogens with one attached hydrogen (secondary N) is 1. The second kappa shape index (κ2) is 9.66. The Balaban J connectivity index is 1.31. The van der Waals surface area contributed by atoms with E-state index in [1.807, 2.05) is 54.6 Å². The highest BCUT2D eigenvalue weighted by molar-refractivity contribution is 6.25. The molecule has 0 unspecified atom stereocenters. The van der Waals surface area contributed by atoms with Gasteiger partial charge in [0.05, 0.1) is 5.69 Å². The van der Waals surface area contributed by atoms with E-state index in [9.17, 15) is 0 Å². The second-order valence-electron chi connectivity index (χ2n) is 9.98. The van der Waals surface area contributed by atoms with Gasteiger partial charge in [0, 0.05) is 5.69 Å². The number of anilines is 2. The molecule has 7 aromatic carbocycles. The Hall–Kier alpha value is -5.08. The van der Waals surface area contributed by atoms with Gasteiger partial charge in [-0.05, 0) is 98.4 Å². The van der Waals surface area contributed by atoms with Crippen LogP contribution in [0.5, 0.6) is 11.5 Å². The van der Waals surface area contributed by atoms with Gasteiger partial charge in [-0.1, -0.05) is 97.1 Å². The molecule has 7 aromatic rings. The van der Waals surface area contributed by atoms with Crippen LogP contribution in [0.4, 0.5) is 11.4 Å². The lowest BCUT2D eigenvalue weighted by Gasteiger charge is -2.15. The molecule has 0 fully saturated rings. The predicted octanol–water partition coefficient (Wildman–Crippen LogP) is 10.7. The molecule has 1 N–H and O–H groups in total. The Morgan fingerprint density at radius 3 is 1.77 bits per heavy atom. The SMILES string of the molecule is Cc1cc(Nc2ccccc2Oc2ccccc2)cc(-c2ccc3c4ccccc4c4ccccc4c3c2)c1. The van der Waals surface area contributed by atoms with Gasteiger partial charge in [-0.25, -0.2) is 0 Å². The third-order valence-corrected chi connectivity index (χ3v) is 7.29. The molecule has 0 heterocycles. The molecule has 0 amide bonds. The lowest BCUT2D eigenvalue weighted by molar-refractivity contribution is 0.485. The highest BCUT2D eigenvalue weighted by atomic mass is 16.5. The first-order chi connectivity index (χ1) is 19.2. The molecule has 0 aliphatic carbocycles. The van der Waals surface area contributed by atoms with Crippen LogP contribution in [-0.4, -0.2) is 0 Å². The molecule has 0 aliphatic heterocycles. The van der Waals surface area contributed by atoms with Crippen molar-refractivity contribution < 1.29 is 4.74 Å². The van der Waals surface area contributed by atoms with Crippen molar-refractivity contribution in [2.45, 2.75) is 6.92 Å². The molecule has 0 spiro atoms. The van der Waals surface area contributed by atoms with Gasteiger partial charge in [0.2, 0.25) is 0 Å². The molecule has 0 aromatic heterocycles. The fourth-order valence-electron chi connectivity index (χ4n) is 5.54. The van der Waals surface area contributed by atoms with E-state index in [0.29, 0.717) is 0 Å². The molecule has 0 saturated heterocycles. The van der Waals surface area contributed by atoms with Gasteiger partial charge in [0.1, 0.15) is 5.75 Å². The molecule has 0 atom stereocenters. The fourth-order valence-corrected chi connectivity index (χ4v) is 5.54. The van der Waals surface area contributed by atoms with Crippen molar-refractivity contribution in [3.8, 4) is 22.6 Å². The fraction of sp³-hybridized carbons (Fsp3) is 0.0270. The zero-order chi connectivity index (χ0) is 26.2. The van der Waals surface area contributed by atoms with Gasteiger partial charge in [0.25, 0.3) is 0 Å². The molecular formula is C37H27NO. The van der Waals surface area contributed by atoms with Crippen LogP contribution >= 0.6 is 0 Å². The summed E-state index contributed by atoms with van der Waals surface area (Å²) >= 11 is 0. The third kappa shape index (κ3) is 4.36. The minimum Gasteiger partial charge on any atom is -0.455 e. The highest BCUT2D eigenvalue weighted by Crippen LogP contribution is 2.38. The molecule has 2 nitrogen and oxygen atoms in total. The molecular weight excluding hydrogens is 474 g/mol. The van der Waals surface area contributed by atoms with E-state index in [0.717, 1.165) is 22.9 Å². The first kappa shape index (κ1) is 23.1. The number of hydrogen-bond donors (Lipinski definition) is 1. The molecule has 39 heavy (non-hydrogen) atoms. The first-order valence-corrected chi connectivity index (χ1v) is 13.3. The van der Waals surface area contributed by atoms with Gasteiger partial charge in [0.15, 0.2) is 5.75 Å². The normalized spacial score (nSPS) is 11.2. The van der Waals surface area contributed by atoms with Gasteiger partial charge in [-0.3, -0.25) is 0 Å². The summed E-state index contributed by atoms with van der Waals surface area (Å²) in [4.78, 5) is 0. The van der Waals surface area contributed by atoms with Crippen LogP contribution in [0.3, 0.4) is 0 Å². The van der Waals surface area contributed by atoms with E-state index in [1.54, 1.807) is 0 Å². The summed E-state index contributed by atoms with van der Waals surface area (Å²) in [6, 6.07) is 48.9. The summed E-state index contributed by atoms with van der Waals surface area (Å²) in [7, 11) is 0. The van der Waals surface area contributed by atoms with Crippen LogP contribution in [0.15, 0.2) is 140 Å². The quantitative estimate of drug-likeness (QED) is 0.237. The molecule has 2 heteroatoms. The van der Waals surface area contributed by atoms with Crippen molar-refractivity contribution in [1.29, 1.82) is 0 Å².